The molecule has 0 radical (unpaired) electrons. The van der Waals surface area contributed by atoms with Crippen LogP contribution in [-0.4, -0.2) is 22.4 Å². The molecule has 0 spiro atoms. The molecule has 0 aliphatic rings. The number of nitrogens with one attached hydrogen (secondary N) is 2. The smallest absolute Gasteiger partial charge is 0.270 e. The van der Waals surface area contributed by atoms with Crippen molar-refractivity contribution in [2.45, 2.75) is 20.3 Å². The number of hydrogen-bond acceptors (Lipinski definition) is 4. The second-order valence-electron chi connectivity index (χ2n) is 5.48. The Bertz CT molecular complexity index is 692. The molecule has 1 heterocycles. The molecule has 1 aromatic carbocycles. The van der Waals surface area contributed by atoms with Gasteiger partial charge in [0.2, 0.25) is 0 Å². The molecule has 0 unspecified atom stereocenters. The Morgan fingerprint density at radius 2 is 2.00 bits per heavy atom. The lowest BCUT2D eigenvalue weighted by Gasteiger charge is -2.09. The SMILES string of the molecule is CC(C)CCNC(=O)c1cc(Nc2ccc(F)cc2F)ncn1. The van der Waals surface area contributed by atoms with Crippen molar-refractivity contribution < 1.29 is 13.6 Å². The Morgan fingerprint density at radius 1 is 1.22 bits per heavy atom. The number of benzene rings is 1. The minimum absolute atomic E-state index is 0.0660. The summed E-state index contributed by atoms with van der Waals surface area (Å²) in [6.07, 6.45) is 2.07. The molecule has 0 bridgehead atoms. The molecule has 0 aliphatic heterocycles. The van der Waals surface area contributed by atoms with Gasteiger partial charge in [0, 0.05) is 18.7 Å². The molecule has 23 heavy (non-hydrogen) atoms. The highest BCUT2D eigenvalue weighted by Crippen LogP contribution is 2.19. The van der Waals surface area contributed by atoms with Crippen LogP contribution in [0.25, 0.3) is 0 Å². The van der Waals surface area contributed by atoms with Crippen molar-refractivity contribution in [1.29, 1.82) is 0 Å². The third kappa shape index (κ3) is 4.98. The van der Waals surface area contributed by atoms with Crippen LogP contribution in [-0.2, 0) is 0 Å². The van der Waals surface area contributed by atoms with Crippen molar-refractivity contribution in [3.05, 3.63) is 47.9 Å². The maximum atomic E-state index is 13.6. The highest BCUT2D eigenvalue weighted by molar-refractivity contribution is 5.92. The van der Waals surface area contributed by atoms with E-state index in [4.69, 9.17) is 0 Å². The van der Waals surface area contributed by atoms with Gasteiger partial charge in [-0.3, -0.25) is 4.79 Å². The van der Waals surface area contributed by atoms with Crippen LogP contribution in [0.2, 0.25) is 0 Å². The van der Waals surface area contributed by atoms with E-state index in [2.05, 4.69) is 34.4 Å². The summed E-state index contributed by atoms with van der Waals surface area (Å²) in [5, 5.41) is 5.46. The van der Waals surface area contributed by atoms with E-state index in [1.165, 1.54) is 18.5 Å². The average Bonchev–Trinajstić information content (AvgIpc) is 2.50. The van der Waals surface area contributed by atoms with E-state index in [1.54, 1.807) is 0 Å². The van der Waals surface area contributed by atoms with Crippen LogP contribution >= 0.6 is 0 Å². The van der Waals surface area contributed by atoms with Crippen LogP contribution in [0.5, 0.6) is 0 Å². The third-order valence-electron chi connectivity index (χ3n) is 3.10. The van der Waals surface area contributed by atoms with E-state index in [1.807, 2.05) is 0 Å². The van der Waals surface area contributed by atoms with Crippen molar-refractivity contribution in [2.75, 3.05) is 11.9 Å². The zero-order chi connectivity index (χ0) is 16.8. The van der Waals surface area contributed by atoms with Crippen molar-refractivity contribution >= 4 is 17.4 Å². The number of anilines is 2. The first-order chi connectivity index (χ1) is 11.0. The Balaban J connectivity index is 2.06. The van der Waals surface area contributed by atoms with Gasteiger partial charge in [0.1, 0.15) is 29.5 Å². The maximum absolute atomic E-state index is 13.6. The number of nitrogens with zero attached hydrogens (tertiary/aromatic N) is 2. The van der Waals surface area contributed by atoms with Crippen molar-refractivity contribution in [1.82, 2.24) is 15.3 Å². The number of hydrogen-bond donors (Lipinski definition) is 2. The minimum Gasteiger partial charge on any atom is -0.351 e. The van der Waals surface area contributed by atoms with Crippen molar-refractivity contribution in [3.63, 3.8) is 0 Å². The van der Waals surface area contributed by atoms with Crippen molar-refractivity contribution in [3.8, 4) is 0 Å². The predicted molar refractivity (Wildman–Crippen MR) is 83.5 cm³/mol. The summed E-state index contributed by atoms with van der Waals surface area (Å²) in [5.41, 5.74) is 0.241. The van der Waals surface area contributed by atoms with Crippen LogP contribution in [0.15, 0.2) is 30.6 Å². The molecule has 1 aromatic heterocycles. The topological polar surface area (TPSA) is 66.9 Å². The first-order valence-corrected chi connectivity index (χ1v) is 7.28. The largest absolute Gasteiger partial charge is 0.351 e. The quantitative estimate of drug-likeness (QED) is 0.857. The monoisotopic (exact) mass is 320 g/mol. The molecule has 7 heteroatoms. The van der Waals surface area contributed by atoms with Gasteiger partial charge in [-0.25, -0.2) is 18.7 Å². The third-order valence-corrected chi connectivity index (χ3v) is 3.10. The van der Waals surface area contributed by atoms with Crippen LogP contribution in [0.1, 0.15) is 30.8 Å². The van der Waals surface area contributed by atoms with E-state index in [9.17, 15) is 13.6 Å². The molecule has 0 atom stereocenters. The molecule has 2 N–H and O–H groups in total. The van der Waals surface area contributed by atoms with Gasteiger partial charge in [-0.2, -0.15) is 0 Å². The van der Waals surface area contributed by atoms with Gasteiger partial charge in [-0.15, -0.1) is 0 Å². The first kappa shape index (κ1) is 16.8. The summed E-state index contributed by atoms with van der Waals surface area (Å²) in [7, 11) is 0. The molecule has 0 saturated carbocycles. The van der Waals surface area contributed by atoms with Gasteiger partial charge in [0.25, 0.3) is 5.91 Å². The molecular weight excluding hydrogens is 302 g/mol. The highest BCUT2D eigenvalue weighted by Gasteiger charge is 2.10. The predicted octanol–water partition coefficient (Wildman–Crippen LogP) is 3.27. The molecule has 0 fully saturated rings. The summed E-state index contributed by atoms with van der Waals surface area (Å²) >= 11 is 0. The molecule has 2 aromatic rings. The van der Waals surface area contributed by atoms with Crippen LogP contribution in [0, 0.1) is 17.6 Å². The lowest BCUT2D eigenvalue weighted by molar-refractivity contribution is 0.0947. The fourth-order valence-corrected chi connectivity index (χ4v) is 1.84. The van der Waals surface area contributed by atoms with E-state index < -0.39 is 11.6 Å². The summed E-state index contributed by atoms with van der Waals surface area (Å²) < 4.78 is 26.5. The number of halogens is 2. The Labute approximate surface area is 133 Å². The molecule has 5 nitrogen and oxygen atoms in total. The number of carbonyl (C=O) groups excluding carboxylic acids is 1. The first-order valence-electron chi connectivity index (χ1n) is 7.28. The van der Waals surface area contributed by atoms with Gasteiger partial charge in [0.05, 0.1) is 5.69 Å². The number of amides is 1. The molecule has 0 saturated heterocycles. The average molecular weight is 320 g/mol. The maximum Gasteiger partial charge on any atom is 0.270 e. The van der Waals surface area contributed by atoms with E-state index in [0.717, 1.165) is 18.6 Å². The van der Waals surface area contributed by atoms with Gasteiger partial charge in [-0.1, -0.05) is 13.8 Å². The standard InChI is InChI=1S/C16H18F2N4O/c1-10(2)5-6-19-16(23)14-8-15(21-9-20-14)22-13-4-3-11(17)7-12(13)18/h3-4,7-10H,5-6H2,1-2H3,(H,19,23)(H,20,21,22). The normalized spacial score (nSPS) is 10.7. The minimum atomic E-state index is -0.744. The van der Waals surface area contributed by atoms with Gasteiger partial charge >= 0.3 is 0 Å². The fourth-order valence-electron chi connectivity index (χ4n) is 1.84. The van der Waals surface area contributed by atoms with E-state index in [0.29, 0.717) is 12.5 Å². The van der Waals surface area contributed by atoms with Crippen LogP contribution in [0.3, 0.4) is 0 Å². The van der Waals surface area contributed by atoms with Crippen LogP contribution < -0.4 is 10.6 Å². The zero-order valence-electron chi connectivity index (χ0n) is 12.9. The van der Waals surface area contributed by atoms with E-state index >= 15 is 0 Å². The summed E-state index contributed by atoms with van der Waals surface area (Å²) in [4.78, 5) is 19.8. The number of rotatable bonds is 6. The second kappa shape index (κ2) is 7.62. The number of aromatic nitrogens is 2. The second-order valence-corrected chi connectivity index (χ2v) is 5.48. The number of carbonyl (C=O) groups is 1. The van der Waals surface area contributed by atoms with E-state index in [-0.39, 0.29) is 23.1 Å². The summed E-state index contributed by atoms with van der Waals surface area (Å²) in [5.74, 6) is -0.998. The Hall–Kier alpha value is -2.57. The van der Waals surface area contributed by atoms with Crippen LogP contribution in [0.4, 0.5) is 20.3 Å². The summed E-state index contributed by atoms with van der Waals surface area (Å²) in [6, 6.07) is 4.57. The molecule has 2 rings (SSSR count). The fraction of sp³-hybridized carbons (Fsp3) is 0.312. The van der Waals surface area contributed by atoms with Gasteiger partial charge in [0.15, 0.2) is 0 Å². The van der Waals surface area contributed by atoms with Gasteiger partial charge in [-0.05, 0) is 24.5 Å². The van der Waals surface area contributed by atoms with Gasteiger partial charge < -0.3 is 10.6 Å². The molecule has 122 valence electrons. The lowest BCUT2D eigenvalue weighted by Crippen LogP contribution is -2.26. The highest BCUT2D eigenvalue weighted by atomic mass is 19.1. The lowest BCUT2D eigenvalue weighted by atomic mass is 10.1. The molecule has 0 aliphatic carbocycles. The zero-order valence-corrected chi connectivity index (χ0v) is 12.9. The summed E-state index contributed by atoms with van der Waals surface area (Å²) in [6.45, 7) is 4.68. The van der Waals surface area contributed by atoms with Crippen molar-refractivity contribution in [2.24, 2.45) is 5.92 Å². The Morgan fingerprint density at radius 3 is 2.70 bits per heavy atom. The molecule has 1 amide bonds. The Kier molecular flexibility index (Phi) is 5.56. The molecular formula is C16H18F2N4O.